The first-order chi connectivity index (χ1) is 13.3. The van der Waals surface area contributed by atoms with Gasteiger partial charge in [0.25, 0.3) is 0 Å². The fourth-order valence-electron chi connectivity index (χ4n) is 3.52. The zero-order valence-corrected chi connectivity index (χ0v) is 15.0. The number of rotatable bonds is 5. The summed E-state index contributed by atoms with van der Waals surface area (Å²) in [7, 11) is 0. The van der Waals surface area contributed by atoms with E-state index in [4.69, 9.17) is 0 Å². The van der Waals surface area contributed by atoms with Gasteiger partial charge >= 0.3 is 0 Å². The number of hydrogen-bond acceptors (Lipinski definition) is 1. The standard InChI is InChI=1S/C26H20O/c27-26(22-16-8-3-9-17-22)25(21-14-6-2-7-15-21)24-19-11-10-18-23(24)20-12-4-1-5-13-20/h1-19,25H. The van der Waals surface area contributed by atoms with Crippen molar-refractivity contribution in [3.63, 3.8) is 0 Å². The van der Waals surface area contributed by atoms with Gasteiger partial charge in [-0.2, -0.15) is 0 Å². The van der Waals surface area contributed by atoms with Gasteiger partial charge in [-0.1, -0.05) is 115 Å². The molecule has 0 aliphatic heterocycles. The lowest BCUT2D eigenvalue weighted by Crippen LogP contribution is -2.15. The molecule has 0 heterocycles. The summed E-state index contributed by atoms with van der Waals surface area (Å²) in [5.41, 5.74) is 4.99. The first kappa shape index (κ1) is 17.0. The Balaban J connectivity index is 1.90. The first-order valence-corrected chi connectivity index (χ1v) is 9.13. The molecule has 0 bridgehead atoms. The minimum Gasteiger partial charge on any atom is -0.293 e. The van der Waals surface area contributed by atoms with Crippen LogP contribution in [0.3, 0.4) is 0 Å². The normalized spacial score (nSPS) is 11.7. The molecular weight excluding hydrogens is 328 g/mol. The molecule has 1 nitrogen and oxygen atoms in total. The maximum atomic E-state index is 13.5. The number of hydrogen-bond donors (Lipinski definition) is 0. The van der Waals surface area contributed by atoms with Crippen molar-refractivity contribution < 1.29 is 4.79 Å². The number of ketones is 1. The van der Waals surface area contributed by atoms with E-state index in [2.05, 4.69) is 24.3 Å². The van der Waals surface area contributed by atoms with Crippen LogP contribution in [-0.4, -0.2) is 5.78 Å². The SMILES string of the molecule is O=C(c1ccccc1)C(c1ccccc1)c1ccccc1-c1ccccc1. The molecule has 0 aliphatic rings. The van der Waals surface area contributed by atoms with E-state index in [0.29, 0.717) is 0 Å². The van der Waals surface area contributed by atoms with Gasteiger partial charge in [-0.3, -0.25) is 4.79 Å². The van der Waals surface area contributed by atoms with E-state index in [1.165, 1.54) is 0 Å². The highest BCUT2D eigenvalue weighted by atomic mass is 16.1. The van der Waals surface area contributed by atoms with Gasteiger partial charge in [-0.25, -0.2) is 0 Å². The summed E-state index contributed by atoms with van der Waals surface area (Å²) >= 11 is 0. The van der Waals surface area contributed by atoms with Gasteiger partial charge in [0, 0.05) is 5.56 Å². The van der Waals surface area contributed by atoms with Gasteiger partial charge in [-0.05, 0) is 22.3 Å². The van der Waals surface area contributed by atoms with Crippen molar-refractivity contribution in [3.8, 4) is 11.1 Å². The molecule has 4 aromatic carbocycles. The molecule has 0 aliphatic carbocycles. The van der Waals surface area contributed by atoms with Crippen LogP contribution in [0.5, 0.6) is 0 Å². The molecule has 1 heteroatoms. The smallest absolute Gasteiger partial charge is 0.174 e. The van der Waals surface area contributed by atoms with Crippen LogP contribution in [-0.2, 0) is 0 Å². The zero-order chi connectivity index (χ0) is 18.5. The van der Waals surface area contributed by atoms with Gasteiger partial charge in [0.15, 0.2) is 5.78 Å². The Kier molecular flexibility index (Phi) is 4.93. The molecular formula is C26H20O. The van der Waals surface area contributed by atoms with Gasteiger partial charge in [0.05, 0.1) is 5.92 Å². The van der Waals surface area contributed by atoms with E-state index in [-0.39, 0.29) is 11.7 Å². The highest BCUT2D eigenvalue weighted by Crippen LogP contribution is 2.35. The third-order valence-corrected chi connectivity index (χ3v) is 4.81. The van der Waals surface area contributed by atoms with Crippen LogP contribution in [0, 0.1) is 0 Å². The van der Waals surface area contributed by atoms with E-state index in [1.54, 1.807) is 0 Å². The molecule has 0 aromatic heterocycles. The molecule has 0 radical (unpaired) electrons. The van der Waals surface area contributed by atoms with Crippen LogP contribution in [0.1, 0.15) is 27.4 Å². The van der Waals surface area contributed by atoms with Crippen molar-refractivity contribution >= 4 is 5.78 Å². The number of benzene rings is 4. The van der Waals surface area contributed by atoms with Crippen LogP contribution in [0.4, 0.5) is 0 Å². The highest BCUT2D eigenvalue weighted by molar-refractivity contribution is 6.04. The van der Waals surface area contributed by atoms with Gasteiger partial charge in [-0.15, -0.1) is 0 Å². The van der Waals surface area contributed by atoms with Crippen molar-refractivity contribution in [3.05, 3.63) is 132 Å². The molecule has 0 N–H and O–H groups in total. The molecule has 0 saturated carbocycles. The summed E-state index contributed by atoms with van der Waals surface area (Å²) in [6.45, 7) is 0. The Labute approximate surface area is 159 Å². The average molecular weight is 348 g/mol. The Bertz CT molecular complexity index is 1020. The summed E-state index contributed by atoms with van der Waals surface area (Å²) in [5.74, 6) is -0.227. The third kappa shape index (κ3) is 3.58. The highest BCUT2D eigenvalue weighted by Gasteiger charge is 2.26. The topological polar surface area (TPSA) is 17.1 Å². The average Bonchev–Trinajstić information content (AvgIpc) is 2.76. The van der Waals surface area contributed by atoms with Gasteiger partial charge in [0.2, 0.25) is 0 Å². The fourth-order valence-corrected chi connectivity index (χ4v) is 3.52. The van der Waals surface area contributed by atoms with Crippen LogP contribution >= 0.6 is 0 Å². The molecule has 0 fully saturated rings. The summed E-state index contributed by atoms with van der Waals surface area (Å²) in [4.78, 5) is 13.5. The van der Waals surface area contributed by atoms with E-state index in [9.17, 15) is 4.79 Å². The number of carbonyl (C=O) groups excluding carboxylic acids is 1. The minimum absolute atomic E-state index is 0.116. The lowest BCUT2D eigenvalue weighted by atomic mass is 9.81. The molecule has 27 heavy (non-hydrogen) atoms. The predicted octanol–water partition coefficient (Wildman–Crippen LogP) is 6.37. The van der Waals surface area contributed by atoms with Crippen LogP contribution in [0.15, 0.2) is 115 Å². The first-order valence-electron chi connectivity index (χ1n) is 9.13. The van der Waals surface area contributed by atoms with Crippen molar-refractivity contribution in [2.45, 2.75) is 5.92 Å². The summed E-state index contributed by atoms with van der Waals surface area (Å²) in [5, 5.41) is 0. The van der Waals surface area contributed by atoms with E-state index < -0.39 is 0 Å². The Morgan fingerprint density at radius 1 is 0.556 bits per heavy atom. The van der Waals surface area contributed by atoms with E-state index in [0.717, 1.165) is 27.8 Å². The second-order valence-electron chi connectivity index (χ2n) is 6.53. The Hall–Kier alpha value is -3.45. The van der Waals surface area contributed by atoms with Crippen molar-refractivity contribution in [1.82, 2.24) is 0 Å². The van der Waals surface area contributed by atoms with Crippen molar-refractivity contribution in [2.75, 3.05) is 0 Å². The molecule has 0 amide bonds. The summed E-state index contributed by atoms with van der Waals surface area (Å²) in [6.07, 6.45) is 0. The fraction of sp³-hybridized carbons (Fsp3) is 0.0385. The Morgan fingerprint density at radius 2 is 1.07 bits per heavy atom. The zero-order valence-electron chi connectivity index (χ0n) is 15.0. The maximum absolute atomic E-state index is 13.5. The number of Topliss-reactive ketones (excluding diaryl/α,β-unsaturated/α-hetero) is 1. The molecule has 0 spiro atoms. The molecule has 1 unspecified atom stereocenters. The van der Waals surface area contributed by atoms with Gasteiger partial charge in [0.1, 0.15) is 0 Å². The molecule has 4 aromatic rings. The van der Waals surface area contributed by atoms with E-state index in [1.807, 2.05) is 91.0 Å². The second-order valence-corrected chi connectivity index (χ2v) is 6.53. The largest absolute Gasteiger partial charge is 0.293 e. The lowest BCUT2D eigenvalue weighted by molar-refractivity contribution is 0.0974. The van der Waals surface area contributed by atoms with Gasteiger partial charge < -0.3 is 0 Å². The monoisotopic (exact) mass is 348 g/mol. The summed E-state index contributed by atoms with van der Waals surface area (Å²) in [6, 6.07) is 38.0. The van der Waals surface area contributed by atoms with Crippen LogP contribution < -0.4 is 0 Å². The predicted molar refractivity (Wildman–Crippen MR) is 111 cm³/mol. The maximum Gasteiger partial charge on any atom is 0.174 e. The lowest BCUT2D eigenvalue weighted by Gasteiger charge is -2.20. The molecule has 1 atom stereocenters. The molecule has 130 valence electrons. The van der Waals surface area contributed by atoms with Crippen molar-refractivity contribution in [1.29, 1.82) is 0 Å². The van der Waals surface area contributed by atoms with Crippen LogP contribution in [0.25, 0.3) is 11.1 Å². The quantitative estimate of drug-likeness (QED) is 0.383. The molecule has 4 rings (SSSR count). The van der Waals surface area contributed by atoms with Crippen LogP contribution in [0.2, 0.25) is 0 Å². The van der Waals surface area contributed by atoms with E-state index >= 15 is 0 Å². The minimum atomic E-state index is -0.343. The summed E-state index contributed by atoms with van der Waals surface area (Å²) < 4.78 is 0. The third-order valence-electron chi connectivity index (χ3n) is 4.81. The number of carbonyl (C=O) groups is 1. The second kappa shape index (κ2) is 7.84. The molecule has 0 saturated heterocycles. The Morgan fingerprint density at radius 3 is 1.74 bits per heavy atom. The van der Waals surface area contributed by atoms with Crippen molar-refractivity contribution in [2.24, 2.45) is 0 Å².